The summed E-state index contributed by atoms with van der Waals surface area (Å²) in [5.41, 5.74) is 2.06. The number of carbonyl (C=O) groups excluding carboxylic acids is 1. The Morgan fingerprint density at radius 1 is 1.25 bits per heavy atom. The van der Waals surface area contributed by atoms with Gasteiger partial charge in [0.15, 0.2) is 0 Å². The van der Waals surface area contributed by atoms with E-state index in [1.807, 2.05) is 12.1 Å². The predicted octanol–water partition coefficient (Wildman–Crippen LogP) is 4.61. The molecule has 1 saturated heterocycles. The summed E-state index contributed by atoms with van der Waals surface area (Å²) in [4.78, 5) is 14.7. The van der Waals surface area contributed by atoms with Gasteiger partial charge in [0.1, 0.15) is 6.10 Å². The van der Waals surface area contributed by atoms with E-state index in [-0.39, 0.29) is 5.91 Å². The Labute approximate surface area is 170 Å². The third-order valence-corrected chi connectivity index (χ3v) is 5.28. The second-order valence-corrected chi connectivity index (χ2v) is 8.06. The fourth-order valence-electron chi connectivity index (χ4n) is 3.32. The average molecular weight is 391 g/mol. The molecule has 1 heterocycles. The van der Waals surface area contributed by atoms with E-state index in [1.54, 1.807) is 6.92 Å². The topological polar surface area (TPSA) is 50.8 Å². The molecule has 1 N–H and O–H groups in total. The van der Waals surface area contributed by atoms with Crippen molar-refractivity contribution in [3.05, 3.63) is 29.8 Å². The Morgan fingerprint density at radius 2 is 2.00 bits per heavy atom. The summed E-state index contributed by atoms with van der Waals surface area (Å²) in [6.45, 7) is 11.8. The minimum atomic E-state index is -0.432. The van der Waals surface area contributed by atoms with Gasteiger partial charge in [-0.05, 0) is 64.2 Å². The highest BCUT2D eigenvalue weighted by Crippen LogP contribution is 2.18. The number of anilines is 1. The highest BCUT2D eigenvalue weighted by molar-refractivity contribution is 5.93. The van der Waals surface area contributed by atoms with Gasteiger partial charge in [-0.3, -0.25) is 9.69 Å². The number of unbranched alkanes of at least 4 members (excludes halogenated alkanes) is 1. The molecule has 0 unspecified atom stereocenters. The molecule has 1 aromatic rings. The van der Waals surface area contributed by atoms with Crippen LogP contribution in [0.25, 0.3) is 0 Å². The standard InChI is InChI=1S/C23H38N2O3/c1-5-6-14-27-19(4)23(26)24-21-12-10-20(11-13-21)16-25(18(2)3)17-22-9-7-8-15-28-22/h10-13,18-19,22H,5-9,14-17H2,1-4H3,(H,24,26)/t19-,22+/m1/s1. The minimum absolute atomic E-state index is 0.0953. The summed E-state index contributed by atoms with van der Waals surface area (Å²) in [6.07, 6.45) is 5.58. The maximum atomic E-state index is 12.2. The Balaban J connectivity index is 1.85. The zero-order valence-corrected chi connectivity index (χ0v) is 18.1. The maximum absolute atomic E-state index is 12.2. The van der Waals surface area contributed by atoms with Gasteiger partial charge in [-0.2, -0.15) is 0 Å². The molecule has 2 rings (SSSR count). The van der Waals surface area contributed by atoms with Gasteiger partial charge in [-0.25, -0.2) is 0 Å². The molecule has 5 heteroatoms. The largest absolute Gasteiger partial charge is 0.377 e. The van der Waals surface area contributed by atoms with Crippen LogP contribution in [0.2, 0.25) is 0 Å². The number of ether oxygens (including phenoxy) is 2. The predicted molar refractivity (Wildman–Crippen MR) is 115 cm³/mol. The number of hydrogen-bond donors (Lipinski definition) is 1. The van der Waals surface area contributed by atoms with Crippen molar-refractivity contribution in [3.8, 4) is 0 Å². The number of rotatable bonds is 11. The van der Waals surface area contributed by atoms with Crippen molar-refractivity contribution in [2.24, 2.45) is 0 Å². The number of amides is 1. The third-order valence-electron chi connectivity index (χ3n) is 5.28. The Hall–Kier alpha value is -1.43. The fourth-order valence-corrected chi connectivity index (χ4v) is 3.32. The first-order valence-corrected chi connectivity index (χ1v) is 10.9. The minimum Gasteiger partial charge on any atom is -0.377 e. The van der Waals surface area contributed by atoms with Gasteiger partial charge in [0, 0.05) is 38.0 Å². The smallest absolute Gasteiger partial charge is 0.253 e. The Morgan fingerprint density at radius 3 is 2.61 bits per heavy atom. The molecule has 0 bridgehead atoms. The molecule has 0 saturated carbocycles. The summed E-state index contributed by atoms with van der Waals surface area (Å²) in [5.74, 6) is -0.0953. The van der Waals surface area contributed by atoms with Crippen molar-refractivity contribution in [1.82, 2.24) is 4.90 Å². The summed E-state index contributed by atoms with van der Waals surface area (Å²) >= 11 is 0. The molecule has 5 nitrogen and oxygen atoms in total. The normalized spacial score (nSPS) is 18.4. The van der Waals surface area contributed by atoms with E-state index in [0.29, 0.717) is 18.8 Å². The van der Waals surface area contributed by atoms with E-state index in [4.69, 9.17) is 9.47 Å². The highest BCUT2D eigenvalue weighted by Gasteiger charge is 2.20. The molecule has 1 amide bonds. The lowest BCUT2D eigenvalue weighted by atomic mass is 10.1. The van der Waals surface area contributed by atoms with E-state index < -0.39 is 6.10 Å². The first-order chi connectivity index (χ1) is 13.5. The molecule has 1 aliphatic heterocycles. The number of nitrogens with one attached hydrogen (secondary N) is 1. The molecule has 0 aliphatic carbocycles. The summed E-state index contributed by atoms with van der Waals surface area (Å²) in [7, 11) is 0. The fraction of sp³-hybridized carbons (Fsp3) is 0.696. The van der Waals surface area contributed by atoms with Gasteiger partial charge in [0.05, 0.1) is 6.10 Å². The lowest BCUT2D eigenvalue weighted by molar-refractivity contribution is -0.126. The molecule has 1 aliphatic rings. The van der Waals surface area contributed by atoms with Crippen LogP contribution in [0, 0.1) is 0 Å². The second kappa shape index (κ2) is 12.2. The van der Waals surface area contributed by atoms with Crippen LogP contribution < -0.4 is 5.32 Å². The van der Waals surface area contributed by atoms with Crippen LogP contribution in [-0.2, 0) is 20.8 Å². The van der Waals surface area contributed by atoms with Crippen LogP contribution in [0.4, 0.5) is 5.69 Å². The molecular weight excluding hydrogens is 352 g/mol. The van der Waals surface area contributed by atoms with Crippen molar-refractivity contribution >= 4 is 11.6 Å². The lowest BCUT2D eigenvalue weighted by Gasteiger charge is -2.32. The first-order valence-electron chi connectivity index (χ1n) is 10.9. The maximum Gasteiger partial charge on any atom is 0.253 e. The van der Waals surface area contributed by atoms with Crippen molar-refractivity contribution in [2.75, 3.05) is 25.1 Å². The zero-order valence-electron chi connectivity index (χ0n) is 18.1. The van der Waals surface area contributed by atoms with Crippen LogP contribution in [0.15, 0.2) is 24.3 Å². The number of nitrogens with zero attached hydrogens (tertiary/aromatic N) is 1. The molecule has 0 aromatic heterocycles. The molecule has 158 valence electrons. The van der Waals surface area contributed by atoms with Crippen molar-refractivity contribution in [2.45, 2.75) is 84.6 Å². The van der Waals surface area contributed by atoms with Crippen molar-refractivity contribution < 1.29 is 14.3 Å². The quantitative estimate of drug-likeness (QED) is 0.561. The van der Waals surface area contributed by atoms with E-state index in [2.05, 4.69) is 43.1 Å². The van der Waals surface area contributed by atoms with Crippen molar-refractivity contribution in [3.63, 3.8) is 0 Å². The summed E-state index contributed by atoms with van der Waals surface area (Å²) < 4.78 is 11.5. The number of carbonyl (C=O) groups is 1. The van der Waals surface area contributed by atoms with Gasteiger partial charge < -0.3 is 14.8 Å². The molecule has 2 atom stereocenters. The van der Waals surface area contributed by atoms with E-state index in [1.165, 1.54) is 18.4 Å². The first kappa shape index (κ1) is 22.9. The Kier molecular flexibility index (Phi) is 9.96. The SMILES string of the molecule is CCCCO[C@H](C)C(=O)Nc1ccc(CN(C[C@@H]2CCCCO2)C(C)C)cc1. The highest BCUT2D eigenvalue weighted by atomic mass is 16.5. The molecular formula is C23H38N2O3. The van der Waals surface area contributed by atoms with Gasteiger partial charge in [-0.15, -0.1) is 0 Å². The monoisotopic (exact) mass is 390 g/mol. The van der Waals surface area contributed by atoms with E-state index >= 15 is 0 Å². The van der Waals surface area contributed by atoms with Gasteiger partial charge >= 0.3 is 0 Å². The van der Waals surface area contributed by atoms with E-state index in [9.17, 15) is 4.79 Å². The second-order valence-electron chi connectivity index (χ2n) is 8.06. The van der Waals surface area contributed by atoms with Crippen LogP contribution in [0.5, 0.6) is 0 Å². The summed E-state index contributed by atoms with van der Waals surface area (Å²) in [5, 5.41) is 2.94. The summed E-state index contributed by atoms with van der Waals surface area (Å²) in [6, 6.07) is 8.60. The molecule has 28 heavy (non-hydrogen) atoms. The van der Waals surface area contributed by atoms with Crippen LogP contribution in [-0.4, -0.2) is 48.8 Å². The molecule has 1 fully saturated rings. The number of benzene rings is 1. The molecule has 1 aromatic carbocycles. The third kappa shape index (κ3) is 7.90. The molecule has 0 spiro atoms. The number of hydrogen-bond acceptors (Lipinski definition) is 4. The Bertz CT molecular complexity index is 568. The van der Waals surface area contributed by atoms with Gasteiger partial charge in [0.25, 0.3) is 5.91 Å². The van der Waals surface area contributed by atoms with Gasteiger partial charge in [-0.1, -0.05) is 25.5 Å². The van der Waals surface area contributed by atoms with E-state index in [0.717, 1.165) is 44.6 Å². The van der Waals surface area contributed by atoms with Crippen LogP contribution in [0.1, 0.15) is 65.4 Å². The lowest BCUT2D eigenvalue weighted by Crippen LogP contribution is -2.39. The van der Waals surface area contributed by atoms with Crippen LogP contribution >= 0.6 is 0 Å². The van der Waals surface area contributed by atoms with Gasteiger partial charge in [0.2, 0.25) is 0 Å². The van der Waals surface area contributed by atoms with Crippen LogP contribution in [0.3, 0.4) is 0 Å². The van der Waals surface area contributed by atoms with Crippen molar-refractivity contribution in [1.29, 1.82) is 0 Å². The molecule has 0 radical (unpaired) electrons. The average Bonchev–Trinajstić information content (AvgIpc) is 2.69. The zero-order chi connectivity index (χ0) is 20.4.